The van der Waals surface area contributed by atoms with Gasteiger partial charge in [0.05, 0.1) is 5.52 Å². The summed E-state index contributed by atoms with van der Waals surface area (Å²) in [4.78, 5) is 9.14. The molecule has 0 aliphatic carbocycles. The molecule has 0 bridgehead atoms. The highest BCUT2D eigenvalue weighted by Gasteiger charge is 2.31. The predicted molar refractivity (Wildman–Crippen MR) is 67.9 cm³/mol. The van der Waals surface area contributed by atoms with Crippen LogP contribution in [0, 0.1) is 0 Å². The topological polar surface area (TPSA) is 55.0 Å². The Labute approximate surface area is 108 Å². The van der Waals surface area contributed by atoms with Gasteiger partial charge in [0.15, 0.2) is 0 Å². The van der Waals surface area contributed by atoms with Crippen LogP contribution in [0.1, 0.15) is 6.92 Å². The summed E-state index contributed by atoms with van der Waals surface area (Å²) in [5.41, 5.74) is 6.70. The first-order chi connectivity index (χ1) is 8.90. The number of hydrogen-bond acceptors (Lipinski definition) is 4. The number of nitrogen functional groups attached to an aromatic ring is 1. The van der Waals surface area contributed by atoms with Crippen molar-refractivity contribution < 1.29 is 13.2 Å². The van der Waals surface area contributed by atoms with Crippen LogP contribution in [0.4, 0.5) is 24.7 Å². The fourth-order valence-corrected chi connectivity index (χ4v) is 1.87. The van der Waals surface area contributed by atoms with Gasteiger partial charge in [-0.2, -0.15) is 13.2 Å². The molecule has 1 aromatic heterocycles. The zero-order chi connectivity index (χ0) is 14.0. The minimum Gasteiger partial charge on any atom is -0.399 e. The van der Waals surface area contributed by atoms with Gasteiger partial charge in [0, 0.05) is 17.6 Å². The van der Waals surface area contributed by atoms with E-state index >= 15 is 0 Å². The van der Waals surface area contributed by atoms with Gasteiger partial charge in [-0.3, -0.25) is 0 Å². The summed E-state index contributed by atoms with van der Waals surface area (Å²) >= 11 is 0. The first-order valence-electron chi connectivity index (χ1n) is 5.72. The van der Waals surface area contributed by atoms with Crippen LogP contribution in [0.15, 0.2) is 24.5 Å². The molecule has 0 fully saturated rings. The SMILES string of the molecule is CCN(CC(F)(F)F)c1ncnc2ccc(N)cc12. The maximum Gasteiger partial charge on any atom is 0.405 e. The van der Waals surface area contributed by atoms with Crippen LogP contribution in [0.2, 0.25) is 0 Å². The summed E-state index contributed by atoms with van der Waals surface area (Å²) in [7, 11) is 0. The monoisotopic (exact) mass is 270 g/mol. The summed E-state index contributed by atoms with van der Waals surface area (Å²) in [6.45, 7) is 0.789. The average Bonchev–Trinajstić information content (AvgIpc) is 2.34. The molecule has 19 heavy (non-hydrogen) atoms. The molecule has 0 amide bonds. The van der Waals surface area contributed by atoms with Gasteiger partial charge in [-0.25, -0.2) is 9.97 Å². The summed E-state index contributed by atoms with van der Waals surface area (Å²) in [6.07, 6.45) is -3.03. The highest BCUT2D eigenvalue weighted by atomic mass is 19.4. The van der Waals surface area contributed by atoms with Crippen molar-refractivity contribution in [3.63, 3.8) is 0 Å². The molecule has 4 nitrogen and oxygen atoms in total. The molecule has 1 aromatic carbocycles. The Bertz CT molecular complexity index is 583. The lowest BCUT2D eigenvalue weighted by Crippen LogP contribution is -2.34. The molecule has 2 N–H and O–H groups in total. The molecule has 7 heteroatoms. The summed E-state index contributed by atoms with van der Waals surface area (Å²) in [5, 5.41) is 0.522. The fraction of sp³-hybridized carbons (Fsp3) is 0.333. The van der Waals surface area contributed by atoms with Gasteiger partial charge >= 0.3 is 6.18 Å². The quantitative estimate of drug-likeness (QED) is 0.871. The van der Waals surface area contributed by atoms with E-state index in [1.165, 1.54) is 6.33 Å². The van der Waals surface area contributed by atoms with E-state index in [1.54, 1.807) is 25.1 Å². The van der Waals surface area contributed by atoms with Crippen LogP contribution in [0.25, 0.3) is 10.9 Å². The number of alkyl halides is 3. The van der Waals surface area contributed by atoms with Crippen molar-refractivity contribution in [3.8, 4) is 0 Å². The van der Waals surface area contributed by atoms with Crippen LogP contribution in [0.5, 0.6) is 0 Å². The number of nitrogens with zero attached hydrogens (tertiary/aromatic N) is 3. The van der Waals surface area contributed by atoms with Gasteiger partial charge in [-0.15, -0.1) is 0 Å². The Balaban J connectivity index is 2.50. The molecule has 0 saturated carbocycles. The Kier molecular flexibility index (Phi) is 3.46. The number of nitrogens with two attached hydrogens (primary N) is 1. The largest absolute Gasteiger partial charge is 0.405 e. The fourth-order valence-electron chi connectivity index (χ4n) is 1.87. The summed E-state index contributed by atoms with van der Waals surface area (Å²) < 4.78 is 37.6. The minimum atomic E-state index is -4.28. The van der Waals surface area contributed by atoms with Gasteiger partial charge in [-0.05, 0) is 25.1 Å². The number of aromatic nitrogens is 2. The van der Waals surface area contributed by atoms with E-state index < -0.39 is 12.7 Å². The highest BCUT2D eigenvalue weighted by Crippen LogP contribution is 2.27. The van der Waals surface area contributed by atoms with E-state index in [1.807, 2.05) is 0 Å². The molecule has 102 valence electrons. The van der Waals surface area contributed by atoms with Gasteiger partial charge in [0.2, 0.25) is 0 Å². The maximum absolute atomic E-state index is 12.5. The Morgan fingerprint density at radius 3 is 2.63 bits per heavy atom. The summed E-state index contributed by atoms with van der Waals surface area (Å²) in [6, 6.07) is 4.90. The maximum atomic E-state index is 12.5. The highest BCUT2D eigenvalue weighted by molar-refractivity contribution is 5.91. The van der Waals surface area contributed by atoms with Crippen LogP contribution in [-0.4, -0.2) is 29.2 Å². The van der Waals surface area contributed by atoms with Crippen molar-refractivity contribution in [2.45, 2.75) is 13.1 Å². The van der Waals surface area contributed by atoms with Gasteiger partial charge in [0.1, 0.15) is 18.7 Å². The van der Waals surface area contributed by atoms with Crippen molar-refractivity contribution in [2.24, 2.45) is 0 Å². The van der Waals surface area contributed by atoms with Crippen LogP contribution in [0.3, 0.4) is 0 Å². The zero-order valence-electron chi connectivity index (χ0n) is 10.3. The zero-order valence-corrected chi connectivity index (χ0v) is 10.3. The third-order valence-electron chi connectivity index (χ3n) is 2.69. The van der Waals surface area contributed by atoms with E-state index in [9.17, 15) is 13.2 Å². The van der Waals surface area contributed by atoms with Crippen LogP contribution >= 0.6 is 0 Å². The van der Waals surface area contributed by atoms with E-state index in [4.69, 9.17) is 5.73 Å². The molecule has 0 radical (unpaired) electrons. The number of benzene rings is 1. The van der Waals surface area contributed by atoms with Crippen molar-refractivity contribution in [2.75, 3.05) is 23.7 Å². The van der Waals surface area contributed by atoms with Gasteiger partial charge < -0.3 is 10.6 Å². The van der Waals surface area contributed by atoms with E-state index in [2.05, 4.69) is 9.97 Å². The van der Waals surface area contributed by atoms with E-state index in [0.717, 1.165) is 4.90 Å². The third kappa shape index (κ3) is 3.04. The molecule has 0 saturated heterocycles. The minimum absolute atomic E-state index is 0.195. The van der Waals surface area contributed by atoms with Crippen molar-refractivity contribution in [1.82, 2.24) is 9.97 Å². The third-order valence-corrected chi connectivity index (χ3v) is 2.69. The number of halogens is 3. The number of anilines is 2. The average molecular weight is 270 g/mol. The molecular weight excluding hydrogens is 257 g/mol. The Hall–Kier alpha value is -2.05. The van der Waals surface area contributed by atoms with Crippen molar-refractivity contribution >= 4 is 22.4 Å². The van der Waals surface area contributed by atoms with Crippen molar-refractivity contribution in [1.29, 1.82) is 0 Å². The molecule has 0 atom stereocenters. The number of fused-ring (bicyclic) bond motifs is 1. The Morgan fingerprint density at radius 1 is 1.26 bits per heavy atom. The molecular formula is C12H13F3N4. The van der Waals surface area contributed by atoms with Crippen molar-refractivity contribution in [3.05, 3.63) is 24.5 Å². The number of hydrogen-bond donors (Lipinski definition) is 1. The normalized spacial score (nSPS) is 11.8. The van der Waals surface area contributed by atoms with Gasteiger partial charge in [0.25, 0.3) is 0 Å². The molecule has 0 aliphatic heterocycles. The second-order valence-electron chi connectivity index (χ2n) is 4.10. The molecule has 2 aromatic rings. The number of rotatable bonds is 3. The van der Waals surface area contributed by atoms with Crippen LogP contribution in [-0.2, 0) is 0 Å². The van der Waals surface area contributed by atoms with E-state index in [0.29, 0.717) is 16.6 Å². The molecule has 2 rings (SSSR count). The standard InChI is InChI=1S/C12H13F3N4/c1-2-19(6-12(13,14)15)11-9-5-8(16)3-4-10(9)17-7-18-11/h3-5,7H,2,6,16H2,1H3. The first kappa shape index (κ1) is 13.4. The lowest BCUT2D eigenvalue weighted by atomic mass is 10.2. The van der Waals surface area contributed by atoms with Crippen LogP contribution < -0.4 is 10.6 Å². The second kappa shape index (κ2) is 4.91. The van der Waals surface area contributed by atoms with Gasteiger partial charge in [-0.1, -0.05) is 0 Å². The predicted octanol–water partition coefficient (Wildman–Crippen LogP) is 2.60. The lowest BCUT2D eigenvalue weighted by Gasteiger charge is -2.24. The molecule has 0 spiro atoms. The second-order valence-corrected chi connectivity index (χ2v) is 4.10. The Morgan fingerprint density at radius 2 is 2.00 bits per heavy atom. The smallest absolute Gasteiger partial charge is 0.399 e. The molecule has 0 aliphatic rings. The first-order valence-corrected chi connectivity index (χ1v) is 5.72. The van der Waals surface area contributed by atoms with E-state index in [-0.39, 0.29) is 12.4 Å². The lowest BCUT2D eigenvalue weighted by molar-refractivity contribution is -0.119. The molecule has 0 unspecified atom stereocenters. The molecule has 1 heterocycles. The summed E-state index contributed by atoms with van der Waals surface area (Å²) in [5.74, 6) is 0.247.